The van der Waals surface area contributed by atoms with Gasteiger partial charge in [0.25, 0.3) is 0 Å². The predicted molar refractivity (Wildman–Crippen MR) is 69.4 cm³/mol. The molecule has 1 saturated heterocycles. The van der Waals surface area contributed by atoms with Crippen molar-refractivity contribution in [1.29, 1.82) is 0 Å². The quantitative estimate of drug-likeness (QED) is 0.830. The molecule has 1 heterocycles. The lowest BCUT2D eigenvalue weighted by Crippen LogP contribution is -2.42. The highest BCUT2D eigenvalue weighted by atomic mass is 16.5. The molecule has 0 aromatic heterocycles. The summed E-state index contributed by atoms with van der Waals surface area (Å²) in [6.45, 7) is 4.58. The highest BCUT2D eigenvalue weighted by Gasteiger charge is 2.18. The standard InChI is InChI=1S/C13H20N2O3/c1-17-12-4-3-11(16)10(13(12)18-2)9-15-7-5-14-6-8-15/h3-4,14,16H,5-9H2,1-2H3. The van der Waals surface area contributed by atoms with Crippen molar-refractivity contribution >= 4 is 0 Å². The maximum atomic E-state index is 10.00. The van der Waals surface area contributed by atoms with E-state index in [1.54, 1.807) is 26.4 Å². The molecule has 2 rings (SSSR count). The molecule has 0 bridgehead atoms. The third-order valence-electron chi connectivity index (χ3n) is 3.22. The summed E-state index contributed by atoms with van der Waals surface area (Å²) in [6.07, 6.45) is 0. The van der Waals surface area contributed by atoms with E-state index in [0.717, 1.165) is 31.7 Å². The number of phenolic OH excluding ortho intramolecular Hbond substituents is 1. The van der Waals surface area contributed by atoms with E-state index in [1.807, 2.05) is 0 Å². The number of phenols is 1. The van der Waals surface area contributed by atoms with E-state index in [0.29, 0.717) is 18.0 Å². The van der Waals surface area contributed by atoms with E-state index in [9.17, 15) is 5.11 Å². The number of ether oxygens (including phenoxy) is 2. The van der Waals surface area contributed by atoms with E-state index in [1.165, 1.54) is 0 Å². The maximum absolute atomic E-state index is 10.00. The Kier molecular flexibility index (Phi) is 4.28. The Hall–Kier alpha value is -1.46. The van der Waals surface area contributed by atoms with Gasteiger partial charge in [-0.15, -0.1) is 0 Å². The summed E-state index contributed by atoms with van der Waals surface area (Å²) in [6, 6.07) is 3.37. The van der Waals surface area contributed by atoms with Crippen molar-refractivity contribution in [3.8, 4) is 17.2 Å². The molecule has 0 saturated carbocycles. The van der Waals surface area contributed by atoms with Crippen molar-refractivity contribution in [2.45, 2.75) is 6.54 Å². The number of rotatable bonds is 4. The molecule has 0 unspecified atom stereocenters. The Morgan fingerprint density at radius 1 is 1.22 bits per heavy atom. The molecule has 0 spiro atoms. The zero-order chi connectivity index (χ0) is 13.0. The molecule has 1 aromatic carbocycles. The lowest BCUT2D eigenvalue weighted by Gasteiger charge is -2.28. The number of nitrogens with one attached hydrogen (secondary N) is 1. The molecular formula is C13H20N2O3. The summed E-state index contributed by atoms with van der Waals surface area (Å²) < 4.78 is 10.6. The monoisotopic (exact) mass is 252 g/mol. The van der Waals surface area contributed by atoms with Crippen molar-refractivity contribution in [3.05, 3.63) is 17.7 Å². The van der Waals surface area contributed by atoms with Gasteiger partial charge in [-0.25, -0.2) is 0 Å². The van der Waals surface area contributed by atoms with Gasteiger partial charge >= 0.3 is 0 Å². The van der Waals surface area contributed by atoms with E-state index >= 15 is 0 Å². The van der Waals surface area contributed by atoms with Gasteiger partial charge in [-0.2, -0.15) is 0 Å². The van der Waals surface area contributed by atoms with Gasteiger partial charge in [0, 0.05) is 32.7 Å². The summed E-state index contributed by atoms with van der Waals surface area (Å²) in [5.41, 5.74) is 0.791. The topological polar surface area (TPSA) is 54.0 Å². The van der Waals surface area contributed by atoms with Crippen molar-refractivity contribution in [3.63, 3.8) is 0 Å². The van der Waals surface area contributed by atoms with Crippen LogP contribution in [0.25, 0.3) is 0 Å². The smallest absolute Gasteiger partial charge is 0.168 e. The molecule has 1 fully saturated rings. The molecule has 2 N–H and O–H groups in total. The van der Waals surface area contributed by atoms with Crippen LogP contribution in [-0.4, -0.2) is 50.4 Å². The number of nitrogens with zero attached hydrogens (tertiary/aromatic N) is 1. The Labute approximate surface area is 107 Å². The highest BCUT2D eigenvalue weighted by Crippen LogP contribution is 2.37. The number of benzene rings is 1. The Bertz CT molecular complexity index is 403. The molecule has 0 atom stereocenters. The van der Waals surface area contributed by atoms with Crippen LogP contribution >= 0.6 is 0 Å². The number of piperazine rings is 1. The second-order valence-corrected chi connectivity index (χ2v) is 4.32. The molecule has 0 radical (unpaired) electrons. The van der Waals surface area contributed by atoms with Gasteiger partial charge < -0.3 is 19.9 Å². The van der Waals surface area contributed by atoms with Gasteiger partial charge in [-0.1, -0.05) is 0 Å². The summed E-state index contributed by atoms with van der Waals surface area (Å²) in [5.74, 6) is 1.53. The van der Waals surface area contributed by atoms with Crippen LogP contribution in [0.15, 0.2) is 12.1 Å². The first-order chi connectivity index (χ1) is 8.76. The Morgan fingerprint density at radius 3 is 2.56 bits per heavy atom. The average molecular weight is 252 g/mol. The number of methoxy groups -OCH3 is 2. The molecule has 5 heteroatoms. The second kappa shape index (κ2) is 5.93. The molecule has 18 heavy (non-hydrogen) atoms. The lowest BCUT2D eigenvalue weighted by atomic mass is 10.1. The largest absolute Gasteiger partial charge is 0.507 e. The number of hydrogen-bond donors (Lipinski definition) is 2. The molecule has 5 nitrogen and oxygen atoms in total. The second-order valence-electron chi connectivity index (χ2n) is 4.32. The zero-order valence-corrected chi connectivity index (χ0v) is 10.9. The molecule has 1 aliphatic rings. The van der Waals surface area contributed by atoms with Crippen molar-refractivity contribution < 1.29 is 14.6 Å². The van der Waals surface area contributed by atoms with Crippen LogP contribution in [0, 0.1) is 0 Å². The summed E-state index contributed by atoms with van der Waals surface area (Å²) >= 11 is 0. The summed E-state index contributed by atoms with van der Waals surface area (Å²) in [7, 11) is 3.20. The third kappa shape index (κ3) is 2.68. The van der Waals surface area contributed by atoms with Crippen LogP contribution in [0.5, 0.6) is 17.2 Å². The van der Waals surface area contributed by atoms with Gasteiger partial charge in [0.05, 0.1) is 19.8 Å². The Balaban J connectivity index is 2.24. The molecular weight excluding hydrogens is 232 g/mol. The fraction of sp³-hybridized carbons (Fsp3) is 0.538. The first-order valence-electron chi connectivity index (χ1n) is 6.12. The minimum atomic E-state index is 0.256. The first-order valence-corrected chi connectivity index (χ1v) is 6.12. The highest BCUT2D eigenvalue weighted by molar-refractivity contribution is 5.53. The average Bonchev–Trinajstić information content (AvgIpc) is 2.42. The number of aromatic hydroxyl groups is 1. The van der Waals surface area contributed by atoms with Crippen LogP contribution in [-0.2, 0) is 6.54 Å². The molecule has 1 aromatic rings. The first kappa shape index (κ1) is 13.0. The fourth-order valence-corrected chi connectivity index (χ4v) is 2.23. The van der Waals surface area contributed by atoms with Gasteiger partial charge in [0.15, 0.2) is 11.5 Å². The molecule has 1 aliphatic heterocycles. The van der Waals surface area contributed by atoms with E-state index in [-0.39, 0.29) is 5.75 Å². The maximum Gasteiger partial charge on any atom is 0.168 e. The summed E-state index contributed by atoms with van der Waals surface area (Å²) in [4.78, 5) is 2.29. The minimum Gasteiger partial charge on any atom is -0.507 e. The van der Waals surface area contributed by atoms with Gasteiger partial charge in [-0.3, -0.25) is 4.90 Å². The normalized spacial score (nSPS) is 16.6. The molecule has 0 amide bonds. The summed E-state index contributed by atoms with van der Waals surface area (Å²) in [5, 5.41) is 13.3. The molecule has 0 aliphatic carbocycles. The number of hydrogen-bond acceptors (Lipinski definition) is 5. The van der Waals surface area contributed by atoms with Crippen molar-refractivity contribution in [1.82, 2.24) is 10.2 Å². The van der Waals surface area contributed by atoms with Crippen molar-refractivity contribution in [2.24, 2.45) is 0 Å². The lowest BCUT2D eigenvalue weighted by molar-refractivity contribution is 0.226. The zero-order valence-electron chi connectivity index (χ0n) is 10.9. The predicted octanol–water partition coefficient (Wildman–Crippen LogP) is 0.815. The van der Waals surface area contributed by atoms with E-state index in [4.69, 9.17) is 9.47 Å². The third-order valence-corrected chi connectivity index (χ3v) is 3.22. The van der Waals surface area contributed by atoms with E-state index in [2.05, 4.69) is 10.2 Å². The van der Waals surface area contributed by atoms with Crippen molar-refractivity contribution in [2.75, 3.05) is 40.4 Å². The fourth-order valence-electron chi connectivity index (χ4n) is 2.23. The van der Waals surface area contributed by atoms with Crippen LogP contribution in [0.4, 0.5) is 0 Å². The van der Waals surface area contributed by atoms with Gasteiger partial charge in [-0.05, 0) is 12.1 Å². The Morgan fingerprint density at radius 2 is 1.94 bits per heavy atom. The molecule has 100 valence electrons. The van der Waals surface area contributed by atoms with Crippen LogP contribution < -0.4 is 14.8 Å². The van der Waals surface area contributed by atoms with Crippen LogP contribution in [0.2, 0.25) is 0 Å². The SMILES string of the molecule is COc1ccc(O)c(CN2CCNCC2)c1OC. The van der Waals surface area contributed by atoms with Crippen LogP contribution in [0.1, 0.15) is 5.56 Å². The minimum absolute atomic E-state index is 0.256. The van der Waals surface area contributed by atoms with Gasteiger partial charge in [0.1, 0.15) is 5.75 Å². The van der Waals surface area contributed by atoms with Crippen LogP contribution in [0.3, 0.4) is 0 Å². The van der Waals surface area contributed by atoms with Gasteiger partial charge in [0.2, 0.25) is 0 Å². The van der Waals surface area contributed by atoms with E-state index < -0.39 is 0 Å².